The van der Waals surface area contributed by atoms with Crippen molar-refractivity contribution in [1.29, 1.82) is 0 Å². The van der Waals surface area contributed by atoms with E-state index in [2.05, 4.69) is 25.1 Å². The highest BCUT2D eigenvalue weighted by Crippen LogP contribution is 2.39. The van der Waals surface area contributed by atoms with Gasteiger partial charge in [-0.05, 0) is 54.2 Å². The molecule has 0 amide bonds. The molecule has 2 aliphatic rings. The van der Waals surface area contributed by atoms with Gasteiger partial charge in [-0.2, -0.15) is 0 Å². The predicted octanol–water partition coefficient (Wildman–Crippen LogP) is 4.63. The molecule has 98 valence electrons. The molecular weight excluding hydrogens is 218 g/mol. The highest BCUT2D eigenvalue weighted by Gasteiger charge is 2.24. The van der Waals surface area contributed by atoms with Crippen LogP contribution in [0.5, 0.6) is 0 Å². The molecule has 1 saturated carbocycles. The van der Waals surface area contributed by atoms with Crippen LogP contribution in [0.25, 0.3) is 0 Å². The largest absolute Gasteiger partial charge is 0.324 e. The molecule has 0 aromatic heterocycles. The zero-order chi connectivity index (χ0) is 12.5. The van der Waals surface area contributed by atoms with Crippen LogP contribution in [-0.4, -0.2) is 0 Å². The topological polar surface area (TPSA) is 26.0 Å². The third-order valence-electron chi connectivity index (χ3n) is 5.03. The molecule has 0 radical (unpaired) electrons. The summed E-state index contributed by atoms with van der Waals surface area (Å²) in [5.41, 5.74) is 10.8. The fourth-order valence-corrected chi connectivity index (χ4v) is 3.79. The molecule has 18 heavy (non-hydrogen) atoms. The van der Waals surface area contributed by atoms with Gasteiger partial charge >= 0.3 is 0 Å². The molecule has 0 heterocycles. The Morgan fingerprint density at radius 3 is 2.50 bits per heavy atom. The molecule has 0 spiro atoms. The summed E-state index contributed by atoms with van der Waals surface area (Å²) in [7, 11) is 0. The van der Waals surface area contributed by atoms with Crippen LogP contribution >= 0.6 is 0 Å². The summed E-state index contributed by atoms with van der Waals surface area (Å²) in [6, 6.07) is 7.46. The predicted molar refractivity (Wildman–Crippen MR) is 76.8 cm³/mol. The fraction of sp³-hybridized carbons (Fsp3) is 0.647. The van der Waals surface area contributed by atoms with E-state index in [1.807, 2.05) is 0 Å². The third kappa shape index (κ3) is 2.21. The molecule has 2 N–H and O–H groups in total. The molecule has 2 unspecified atom stereocenters. The molecule has 2 atom stereocenters. The second kappa shape index (κ2) is 5.05. The maximum atomic E-state index is 6.31. The van der Waals surface area contributed by atoms with E-state index < -0.39 is 0 Å². The molecule has 1 fully saturated rings. The lowest BCUT2D eigenvalue weighted by Crippen LogP contribution is -2.20. The Kier molecular flexibility index (Phi) is 3.43. The number of fused-ring (bicyclic) bond motifs is 1. The van der Waals surface area contributed by atoms with Crippen LogP contribution in [0.1, 0.15) is 86.4 Å². The van der Waals surface area contributed by atoms with E-state index in [4.69, 9.17) is 5.73 Å². The van der Waals surface area contributed by atoms with Crippen LogP contribution in [0.3, 0.4) is 0 Å². The Morgan fingerprint density at radius 2 is 1.72 bits per heavy atom. The first-order valence-electron chi connectivity index (χ1n) is 7.65. The smallest absolute Gasteiger partial charge is 0.0297 e. The van der Waals surface area contributed by atoms with Gasteiger partial charge in [0.15, 0.2) is 0 Å². The Morgan fingerprint density at radius 1 is 0.944 bits per heavy atom. The van der Waals surface area contributed by atoms with Crippen LogP contribution in [-0.2, 0) is 0 Å². The highest BCUT2D eigenvalue weighted by atomic mass is 14.6. The quantitative estimate of drug-likeness (QED) is 0.764. The second-order valence-electron chi connectivity index (χ2n) is 6.31. The van der Waals surface area contributed by atoms with Gasteiger partial charge in [0.05, 0.1) is 0 Å². The lowest BCUT2D eigenvalue weighted by atomic mass is 9.77. The summed E-state index contributed by atoms with van der Waals surface area (Å²) in [6.07, 6.45) is 9.40. The van der Waals surface area contributed by atoms with E-state index in [0.717, 1.165) is 12.3 Å². The Labute approximate surface area is 111 Å². The van der Waals surface area contributed by atoms with E-state index in [1.54, 1.807) is 5.56 Å². The lowest BCUT2D eigenvalue weighted by Gasteiger charge is -2.30. The van der Waals surface area contributed by atoms with Gasteiger partial charge in [-0.25, -0.2) is 0 Å². The summed E-state index contributed by atoms with van der Waals surface area (Å²) >= 11 is 0. The Bertz CT molecular complexity index is 418. The van der Waals surface area contributed by atoms with Crippen molar-refractivity contribution < 1.29 is 0 Å². The van der Waals surface area contributed by atoms with Crippen molar-refractivity contribution in [3.8, 4) is 0 Å². The average Bonchev–Trinajstić information content (AvgIpc) is 2.44. The van der Waals surface area contributed by atoms with Crippen LogP contribution in [0.4, 0.5) is 0 Å². The standard InChI is InChI=1S/C17H25N/c1-12-7-10-17(18)16-11-14(8-9-15(12)16)13-5-3-2-4-6-13/h8-9,11-13,17H,2-7,10,18H2,1H3. The molecule has 0 bridgehead atoms. The molecule has 2 aliphatic carbocycles. The van der Waals surface area contributed by atoms with E-state index in [-0.39, 0.29) is 6.04 Å². The first kappa shape index (κ1) is 12.2. The Hall–Kier alpha value is -0.820. The van der Waals surface area contributed by atoms with Gasteiger partial charge in [-0.3, -0.25) is 0 Å². The molecule has 1 heteroatoms. The van der Waals surface area contributed by atoms with E-state index in [0.29, 0.717) is 5.92 Å². The normalized spacial score (nSPS) is 29.0. The third-order valence-corrected chi connectivity index (χ3v) is 5.03. The molecule has 1 aromatic rings. The zero-order valence-electron chi connectivity index (χ0n) is 11.5. The van der Waals surface area contributed by atoms with Crippen molar-refractivity contribution in [3.05, 3.63) is 34.9 Å². The first-order chi connectivity index (χ1) is 8.75. The van der Waals surface area contributed by atoms with Crippen LogP contribution in [0.2, 0.25) is 0 Å². The SMILES string of the molecule is CC1CCC(N)c2cc(C3CCCCC3)ccc21. The van der Waals surface area contributed by atoms with Crippen LogP contribution in [0, 0.1) is 0 Å². The number of nitrogens with two attached hydrogens (primary N) is 1. The molecule has 1 aromatic carbocycles. The number of hydrogen-bond donors (Lipinski definition) is 1. The van der Waals surface area contributed by atoms with E-state index in [1.165, 1.54) is 49.7 Å². The van der Waals surface area contributed by atoms with Crippen molar-refractivity contribution in [2.24, 2.45) is 5.73 Å². The highest BCUT2D eigenvalue weighted by molar-refractivity contribution is 5.39. The molecule has 3 rings (SSSR count). The minimum Gasteiger partial charge on any atom is -0.324 e. The number of benzene rings is 1. The summed E-state index contributed by atoms with van der Waals surface area (Å²) in [4.78, 5) is 0. The molecule has 0 aliphatic heterocycles. The van der Waals surface area contributed by atoms with Crippen molar-refractivity contribution in [1.82, 2.24) is 0 Å². The summed E-state index contributed by atoms with van der Waals surface area (Å²) in [5, 5.41) is 0. The second-order valence-corrected chi connectivity index (χ2v) is 6.31. The maximum absolute atomic E-state index is 6.31. The maximum Gasteiger partial charge on any atom is 0.0297 e. The van der Waals surface area contributed by atoms with Gasteiger partial charge in [-0.15, -0.1) is 0 Å². The molecule has 0 saturated heterocycles. The van der Waals surface area contributed by atoms with E-state index >= 15 is 0 Å². The summed E-state index contributed by atoms with van der Waals surface area (Å²) in [6.45, 7) is 2.34. The minimum absolute atomic E-state index is 0.278. The van der Waals surface area contributed by atoms with Gasteiger partial charge in [0.2, 0.25) is 0 Å². The summed E-state index contributed by atoms with van der Waals surface area (Å²) < 4.78 is 0. The van der Waals surface area contributed by atoms with Crippen molar-refractivity contribution in [2.75, 3.05) is 0 Å². The number of rotatable bonds is 1. The lowest BCUT2D eigenvalue weighted by molar-refractivity contribution is 0.441. The zero-order valence-corrected chi connectivity index (χ0v) is 11.5. The monoisotopic (exact) mass is 243 g/mol. The molecule has 1 nitrogen and oxygen atoms in total. The van der Waals surface area contributed by atoms with Crippen LogP contribution in [0.15, 0.2) is 18.2 Å². The van der Waals surface area contributed by atoms with Gasteiger partial charge < -0.3 is 5.73 Å². The van der Waals surface area contributed by atoms with Crippen molar-refractivity contribution in [3.63, 3.8) is 0 Å². The van der Waals surface area contributed by atoms with Gasteiger partial charge in [0.1, 0.15) is 0 Å². The van der Waals surface area contributed by atoms with Crippen LogP contribution < -0.4 is 5.73 Å². The Balaban J connectivity index is 1.91. The van der Waals surface area contributed by atoms with Gasteiger partial charge in [0.25, 0.3) is 0 Å². The minimum atomic E-state index is 0.278. The fourth-order valence-electron chi connectivity index (χ4n) is 3.79. The van der Waals surface area contributed by atoms with Gasteiger partial charge in [-0.1, -0.05) is 44.4 Å². The van der Waals surface area contributed by atoms with E-state index in [9.17, 15) is 0 Å². The van der Waals surface area contributed by atoms with Crippen molar-refractivity contribution >= 4 is 0 Å². The average molecular weight is 243 g/mol. The van der Waals surface area contributed by atoms with Gasteiger partial charge in [0, 0.05) is 6.04 Å². The summed E-state index contributed by atoms with van der Waals surface area (Å²) in [5.74, 6) is 1.49. The van der Waals surface area contributed by atoms with Crippen molar-refractivity contribution in [2.45, 2.75) is 69.7 Å². The first-order valence-corrected chi connectivity index (χ1v) is 7.65. The molecular formula is C17H25N. The number of hydrogen-bond acceptors (Lipinski definition) is 1.